The van der Waals surface area contributed by atoms with Gasteiger partial charge in [0, 0.05) is 23.2 Å². The number of hydrogen-bond donors (Lipinski definition) is 1. The van der Waals surface area contributed by atoms with Crippen molar-refractivity contribution in [3.8, 4) is 0 Å². The van der Waals surface area contributed by atoms with Crippen LogP contribution in [-0.2, 0) is 0 Å². The SMILES string of the molecule is CSc1ccccc1[C@@H]1CCCCCN1c1cc(C)nc(N)n1. The van der Waals surface area contributed by atoms with Gasteiger partial charge in [0.05, 0.1) is 6.04 Å². The predicted molar refractivity (Wildman–Crippen MR) is 98.0 cm³/mol. The minimum absolute atomic E-state index is 0.356. The van der Waals surface area contributed by atoms with Gasteiger partial charge in [0.15, 0.2) is 0 Å². The number of thioether (sulfide) groups is 1. The molecule has 1 fully saturated rings. The third-order valence-electron chi connectivity index (χ3n) is 4.40. The molecule has 23 heavy (non-hydrogen) atoms. The lowest BCUT2D eigenvalue weighted by molar-refractivity contribution is 0.588. The Morgan fingerprint density at radius 1 is 1.17 bits per heavy atom. The second-order valence-electron chi connectivity index (χ2n) is 6.03. The van der Waals surface area contributed by atoms with Gasteiger partial charge in [0.1, 0.15) is 5.82 Å². The van der Waals surface area contributed by atoms with E-state index in [1.165, 1.54) is 29.7 Å². The largest absolute Gasteiger partial charge is 0.368 e. The first-order chi connectivity index (χ1) is 11.2. The molecule has 3 rings (SSSR count). The zero-order valence-corrected chi connectivity index (χ0v) is 14.6. The van der Waals surface area contributed by atoms with Crippen LogP contribution in [0.15, 0.2) is 35.2 Å². The number of benzene rings is 1. The molecular weight excluding hydrogens is 304 g/mol. The molecule has 0 bridgehead atoms. The highest BCUT2D eigenvalue weighted by Gasteiger charge is 2.26. The van der Waals surface area contributed by atoms with E-state index < -0.39 is 0 Å². The van der Waals surface area contributed by atoms with Gasteiger partial charge in [-0.15, -0.1) is 11.8 Å². The summed E-state index contributed by atoms with van der Waals surface area (Å²) in [5, 5.41) is 0. The molecular formula is C18H24N4S. The van der Waals surface area contributed by atoms with Crippen molar-refractivity contribution in [1.29, 1.82) is 0 Å². The summed E-state index contributed by atoms with van der Waals surface area (Å²) in [5.41, 5.74) is 8.22. The first-order valence-corrected chi connectivity index (χ1v) is 9.42. The first kappa shape index (κ1) is 16.1. The van der Waals surface area contributed by atoms with Crippen molar-refractivity contribution < 1.29 is 0 Å². The molecule has 1 aromatic carbocycles. The van der Waals surface area contributed by atoms with Crippen LogP contribution in [0, 0.1) is 6.92 Å². The number of aryl methyl sites for hydroxylation is 1. The van der Waals surface area contributed by atoms with Gasteiger partial charge in [-0.2, -0.15) is 4.98 Å². The Morgan fingerprint density at radius 2 is 2.00 bits per heavy atom. The van der Waals surface area contributed by atoms with Crippen molar-refractivity contribution in [3.05, 3.63) is 41.6 Å². The monoisotopic (exact) mass is 328 g/mol. The molecule has 1 aliphatic rings. The maximum absolute atomic E-state index is 5.89. The minimum atomic E-state index is 0.356. The van der Waals surface area contributed by atoms with Gasteiger partial charge in [-0.1, -0.05) is 31.0 Å². The topological polar surface area (TPSA) is 55.0 Å². The summed E-state index contributed by atoms with van der Waals surface area (Å²) in [6, 6.07) is 11.1. The second-order valence-corrected chi connectivity index (χ2v) is 6.87. The minimum Gasteiger partial charge on any atom is -0.368 e. The quantitative estimate of drug-likeness (QED) is 0.855. The normalized spacial score (nSPS) is 18.7. The number of rotatable bonds is 3. The van der Waals surface area contributed by atoms with E-state index in [1.807, 2.05) is 18.7 Å². The molecule has 0 radical (unpaired) electrons. The van der Waals surface area contributed by atoms with E-state index in [0.29, 0.717) is 12.0 Å². The number of nitrogens with two attached hydrogens (primary N) is 1. The molecule has 1 saturated heterocycles. The average Bonchev–Trinajstić information content (AvgIpc) is 2.79. The summed E-state index contributed by atoms with van der Waals surface area (Å²) < 4.78 is 0. The summed E-state index contributed by atoms with van der Waals surface area (Å²) in [5.74, 6) is 1.32. The van der Waals surface area contributed by atoms with Crippen LogP contribution in [0.2, 0.25) is 0 Å². The smallest absolute Gasteiger partial charge is 0.222 e. The molecule has 2 N–H and O–H groups in total. The molecule has 122 valence electrons. The van der Waals surface area contributed by atoms with Crippen LogP contribution in [0.3, 0.4) is 0 Å². The van der Waals surface area contributed by atoms with Crippen LogP contribution in [0.25, 0.3) is 0 Å². The molecule has 0 amide bonds. The summed E-state index contributed by atoms with van der Waals surface area (Å²) in [7, 11) is 0. The molecule has 1 aliphatic heterocycles. The van der Waals surface area contributed by atoms with E-state index in [4.69, 9.17) is 5.73 Å². The Labute approximate surface area is 142 Å². The molecule has 1 aromatic heterocycles. The van der Waals surface area contributed by atoms with Crippen LogP contribution in [0.5, 0.6) is 0 Å². The number of nitrogen functional groups attached to an aromatic ring is 1. The van der Waals surface area contributed by atoms with E-state index in [1.54, 1.807) is 0 Å². The molecule has 1 atom stereocenters. The zero-order valence-electron chi connectivity index (χ0n) is 13.8. The lowest BCUT2D eigenvalue weighted by Gasteiger charge is -2.32. The van der Waals surface area contributed by atoms with Gasteiger partial charge >= 0.3 is 0 Å². The summed E-state index contributed by atoms with van der Waals surface area (Å²) in [6.45, 7) is 2.99. The highest BCUT2D eigenvalue weighted by molar-refractivity contribution is 7.98. The van der Waals surface area contributed by atoms with Crippen molar-refractivity contribution >= 4 is 23.5 Å². The maximum Gasteiger partial charge on any atom is 0.222 e. The summed E-state index contributed by atoms with van der Waals surface area (Å²) in [6.07, 6.45) is 7.02. The summed E-state index contributed by atoms with van der Waals surface area (Å²) >= 11 is 1.82. The van der Waals surface area contributed by atoms with E-state index in [9.17, 15) is 0 Å². The van der Waals surface area contributed by atoms with E-state index in [2.05, 4.69) is 51.5 Å². The lowest BCUT2D eigenvalue weighted by Crippen LogP contribution is -2.30. The van der Waals surface area contributed by atoms with Gasteiger partial charge in [0.25, 0.3) is 0 Å². The summed E-state index contributed by atoms with van der Waals surface area (Å²) in [4.78, 5) is 12.5. The third kappa shape index (κ3) is 3.61. The van der Waals surface area contributed by atoms with Gasteiger partial charge in [-0.05, 0) is 37.7 Å². The Hall–Kier alpha value is -1.75. The third-order valence-corrected chi connectivity index (χ3v) is 5.21. The Balaban J connectivity index is 2.03. The standard InChI is InChI=1S/C18H24N4S/c1-13-12-17(21-18(19)20-13)22-11-7-3-4-9-15(22)14-8-5-6-10-16(14)23-2/h5-6,8,10,12,15H,3-4,7,9,11H2,1-2H3,(H2,19,20,21)/t15-/m0/s1. The number of anilines is 2. The Kier molecular flexibility index (Phi) is 5.06. The molecule has 0 spiro atoms. The van der Waals surface area contributed by atoms with Crippen molar-refractivity contribution in [2.45, 2.75) is 43.5 Å². The molecule has 0 saturated carbocycles. The molecule has 2 aromatic rings. The van der Waals surface area contributed by atoms with Gasteiger partial charge in [0.2, 0.25) is 5.95 Å². The van der Waals surface area contributed by atoms with Crippen molar-refractivity contribution in [2.75, 3.05) is 23.4 Å². The van der Waals surface area contributed by atoms with Crippen molar-refractivity contribution in [1.82, 2.24) is 9.97 Å². The Bertz CT molecular complexity index is 654. The van der Waals surface area contributed by atoms with Crippen LogP contribution < -0.4 is 10.6 Å². The first-order valence-electron chi connectivity index (χ1n) is 8.20. The second kappa shape index (κ2) is 7.21. The van der Waals surface area contributed by atoms with Crippen LogP contribution in [-0.4, -0.2) is 22.8 Å². The fourth-order valence-electron chi connectivity index (χ4n) is 3.37. The molecule has 5 heteroatoms. The Morgan fingerprint density at radius 3 is 2.78 bits per heavy atom. The fourth-order valence-corrected chi connectivity index (χ4v) is 4.02. The average molecular weight is 328 g/mol. The van der Waals surface area contributed by atoms with Crippen LogP contribution in [0.1, 0.15) is 43.0 Å². The molecule has 0 aliphatic carbocycles. The van der Waals surface area contributed by atoms with Gasteiger partial charge in [-0.25, -0.2) is 4.98 Å². The van der Waals surface area contributed by atoms with Gasteiger partial charge < -0.3 is 10.6 Å². The van der Waals surface area contributed by atoms with Crippen molar-refractivity contribution in [2.24, 2.45) is 0 Å². The number of nitrogens with zero attached hydrogens (tertiary/aromatic N) is 3. The van der Waals surface area contributed by atoms with E-state index in [-0.39, 0.29) is 0 Å². The molecule has 0 unspecified atom stereocenters. The predicted octanol–water partition coefficient (Wildman–Crippen LogP) is 4.21. The molecule has 2 heterocycles. The van der Waals surface area contributed by atoms with Gasteiger partial charge in [-0.3, -0.25) is 0 Å². The number of aromatic nitrogens is 2. The van der Waals surface area contributed by atoms with E-state index in [0.717, 1.165) is 24.5 Å². The van der Waals surface area contributed by atoms with Crippen LogP contribution in [0.4, 0.5) is 11.8 Å². The fraction of sp³-hybridized carbons (Fsp3) is 0.444. The maximum atomic E-state index is 5.89. The highest BCUT2D eigenvalue weighted by Crippen LogP contribution is 2.37. The zero-order chi connectivity index (χ0) is 16.2. The molecule has 4 nitrogen and oxygen atoms in total. The number of hydrogen-bond acceptors (Lipinski definition) is 5. The van der Waals surface area contributed by atoms with E-state index >= 15 is 0 Å². The highest BCUT2D eigenvalue weighted by atomic mass is 32.2. The van der Waals surface area contributed by atoms with Crippen LogP contribution >= 0.6 is 11.8 Å². The van der Waals surface area contributed by atoms with Crippen molar-refractivity contribution in [3.63, 3.8) is 0 Å². The lowest BCUT2D eigenvalue weighted by atomic mass is 10.0.